The molecule has 0 spiro atoms. The molecule has 1 aromatic heterocycles. The van der Waals surface area contributed by atoms with Gasteiger partial charge >= 0.3 is 0 Å². The Hall–Kier alpha value is -1.03. The lowest BCUT2D eigenvalue weighted by Crippen LogP contribution is -2.43. The van der Waals surface area contributed by atoms with Crippen molar-refractivity contribution in [3.63, 3.8) is 0 Å². The molecule has 0 bridgehead atoms. The van der Waals surface area contributed by atoms with Crippen LogP contribution >= 0.6 is 11.3 Å². The summed E-state index contributed by atoms with van der Waals surface area (Å²) in [6, 6.07) is 2.24. The maximum absolute atomic E-state index is 12.4. The molecule has 1 atom stereocenters. The molecule has 0 saturated carbocycles. The van der Waals surface area contributed by atoms with Crippen molar-refractivity contribution in [2.45, 2.75) is 45.1 Å². The van der Waals surface area contributed by atoms with Crippen LogP contribution in [0.1, 0.15) is 48.7 Å². The third kappa shape index (κ3) is 2.63. The quantitative estimate of drug-likeness (QED) is 0.898. The number of nitrogens with zero attached hydrogens (tertiary/aromatic N) is 1. The average molecular weight is 252 g/mol. The Morgan fingerprint density at radius 2 is 2.41 bits per heavy atom. The second-order valence-electron chi connectivity index (χ2n) is 4.64. The summed E-state index contributed by atoms with van der Waals surface area (Å²) in [4.78, 5) is 15.2. The van der Waals surface area contributed by atoms with Crippen LogP contribution < -0.4 is 5.73 Å². The van der Waals surface area contributed by atoms with Crippen LogP contribution in [0.4, 0.5) is 5.69 Å². The number of hydrogen-bond donors (Lipinski definition) is 1. The first-order valence-corrected chi connectivity index (χ1v) is 7.26. The van der Waals surface area contributed by atoms with Crippen LogP contribution in [0.2, 0.25) is 0 Å². The van der Waals surface area contributed by atoms with E-state index in [0.717, 1.165) is 32.2 Å². The van der Waals surface area contributed by atoms with Crippen LogP contribution in [0.3, 0.4) is 0 Å². The summed E-state index contributed by atoms with van der Waals surface area (Å²) in [6.07, 6.45) is 5.75. The van der Waals surface area contributed by atoms with E-state index < -0.39 is 0 Å². The van der Waals surface area contributed by atoms with E-state index in [-0.39, 0.29) is 5.91 Å². The highest BCUT2D eigenvalue weighted by Gasteiger charge is 2.28. The van der Waals surface area contributed by atoms with Crippen LogP contribution in [-0.4, -0.2) is 23.4 Å². The molecule has 1 saturated heterocycles. The lowest BCUT2D eigenvalue weighted by Gasteiger charge is -2.35. The summed E-state index contributed by atoms with van der Waals surface area (Å²) in [5.74, 6) is 0.135. The molecule has 17 heavy (non-hydrogen) atoms. The fraction of sp³-hybridized carbons (Fsp3) is 0.615. The summed E-state index contributed by atoms with van der Waals surface area (Å²) >= 11 is 1.46. The van der Waals surface area contributed by atoms with Crippen molar-refractivity contribution in [3.8, 4) is 0 Å². The van der Waals surface area contributed by atoms with Gasteiger partial charge < -0.3 is 10.6 Å². The van der Waals surface area contributed by atoms with Crippen molar-refractivity contribution in [2.75, 3.05) is 12.3 Å². The molecular weight excluding hydrogens is 232 g/mol. The number of carbonyl (C=O) groups is 1. The number of anilines is 1. The second kappa shape index (κ2) is 5.54. The molecule has 2 rings (SSSR count). The first kappa shape index (κ1) is 12.4. The van der Waals surface area contributed by atoms with E-state index in [0.29, 0.717) is 16.6 Å². The van der Waals surface area contributed by atoms with Crippen LogP contribution in [0, 0.1) is 0 Å². The van der Waals surface area contributed by atoms with Gasteiger partial charge in [0.1, 0.15) is 4.88 Å². The van der Waals surface area contributed by atoms with Crippen molar-refractivity contribution in [1.82, 2.24) is 4.90 Å². The van der Waals surface area contributed by atoms with Gasteiger partial charge in [0.2, 0.25) is 0 Å². The van der Waals surface area contributed by atoms with Crippen molar-refractivity contribution in [2.24, 2.45) is 0 Å². The number of nitrogen functional groups attached to an aromatic ring is 1. The highest BCUT2D eigenvalue weighted by Crippen LogP contribution is 2.27. The molecule has 94 valence electrons. The molecular formula is C13H20N2OS. The van der Waals surface area contributed by atoms with Gasteiger partial charge in [-0.05, 0) is 37.1 Å². The summed E-state index contributed by atoms with van der Waals surface area (Å²) in [5.41, 5.74) is 6.46. The highest BCUT2D eigenvalue weighted by molar-refractivity contribution is 7.12. The van der Waals surface area contributed by atoms with E-state index in [9.17, 15) is 4.79 Å². The third-order valence-electron chi connectivity index (χ3n) is 3.40. The van der Waals surface area contributed by atoms with Gasteiger partial charge in [-0.1, -0.05) is 13.3 Å². The van der Waals surface area contributed by atoms with Crippen molar-refractivity contribution < 1.29 is 4.79 Å². The molecule has 1 unspecified atom stereocenters. The Bertz CT molecular complexity index is 387. The number of rotatable bonds is 3. The lowest BCUT2D eigenvalue weighted by atomic mass is 9.98. The highest BCUT2D eigenvalue weighted by atomic mass is 32.1. The molecule has 2 heterocycles. The van der Waals surface area contributed by atoms with Gasteiger partial charge in [0, 0.05) is 12.6 Å². The number of hydrogen-bond acceptors (Lipinski definition) is 3. The molecule has 0 aromatic carbocycles. The SMILES string of the molecule is CCCC1CCCCN1C(=O)c1sccc1N. The van der Waals surface area contributed by atoms with E-state index in [4.69, 9.17) is 5.73 Å². The van der Waals surface area contributed by atoms with Gasteiger partial charge in [-0.2, -0.15) is 0 Å². The average Bonchev–Trinajstić information content (AvgIpc) is 2.76. The van der Waals surface area contributed by atoms with Crippen LogP contribution in [0.5, 0.6) is 0 Å². The molecule has 1 amide bonds. The number of amides is 1. The summed E-state index contributed by atoms with van der Waals surface area (Å²) < 4.78 is 0. The van der Waals surface area contributed by atoms with E-state index in [2.05, 4.69) is 6.92 Å². The molecule has 1 fully saturated rings. The summed E-state index contributed by atoms with van der Waals surface area (Å²) in [7, 11) is 0. The van der Waals surface area contributed by atoms with E-state index in [1.165, 1.54) is 17.8 Å². The van der Waals surface area contributed by atoms with E-state index in [1.807, 2.05) is 16.3 Å². The Morgan fingerprint density at radius 3 is 3.06 bits per heavy atom. The zero-order valence-electron chi connectivity index (χ0n) is 10.3. The van der Waals surface area contributed by atoms with Crippen LogP contribution in [-0.2, 0) is 0 Å². The molecule has 3 nitrogen and oxygen atoms in total. The minimum atomic E-state index is 0.135. The Balaban J connectivity index is 2.14. The van der Waals surface area contributed by atoms with Gasteiger partial charge in [-0.15, -0.1) is 11.3 Å². The van der Waals surface area contributed by atoms with Crippen LogP contribution in [0.25, 0.3) is 0 Å². The number of carbonyl (C=O) groups excluding carboxylic acids is 1. The predicted molar refractivity (Wildman–Crippen MR) is 72.3 cm³/mol. The molecule has 0 aliphatic carbocycles. The Labute approximate surface area is 107 Å². The standard InChI is InChI=1S/C13H20N2OS/c1-2-5-10-6-3-4-8-15(10)13(16)12-11(14)7-9-17-12/h7,9-10H,2-6,8,14H2,1H3. The lowest BCUT2D eigenvalue weighted by molar-refractivity contribution is 0.0607. The zero-order valence-corrected chi connectivity index (χ0v) is 11.1. The Morgan fingerprint density at radius 1 is 1.59 bits per heavy atom. The predicted octanol–water partition coefficient (Wildman–Crippen LogP) is 3.13. The number of thiophene rings is 1. The number of nitrogens with two attached hydrogens (primary N) is 1. The molecule has 4 heteroatoms. The topological polar surface area (TPSA) is 46.3 Å². The molecule has 0 radical (unpaired) electrons. The van der Waals surface area contributed by atoms with Gasteiger partial charge in [-0.3, -0.25) is 4.79 Å². The minimum Gasteiger partial charge on any atom is -0.397 e. The number of piperidine rings is 1. The van der Waals surface area contributed by atoms with Crippen LogP contribution in [0.15, 0.2) is 11.4 Å². The molecule has 1 aliphatic heterocycles. The summed E-state index contributed by atoms with van der Waals surface area (Å²) in [6.45, 7) is 3.07. The normalized spacial score (nSPS) is 20.5. The number of likely N-dealkylation sites (tertiary alicyclic amines) is 1. The van der Waals surface area contributed by atoms with E-state index in [1.54, 1.807) is 0 Å². The zero-order chi connectivity index (χ0) is 12.3. The first-order chi connectivity index (χ1) is 8.24. The Kier molecular flexibility index (Phi) is 4.05. The third-order valence-corrected chi connectivity index (χ3v) is 4.32. The van der Waals surface area contributed by atoms with Gasteiger partial charge in [0.25, 0.3) is 5.91 Å². The van der Waals surface area contributed by atoms with E-state index >= 15 is 0 Å². The first-order valence-electron chi connectivity index (χ1n) is 6.38. The molecule has 1 aromatic rings. The van der Waals surface area contributed by atoms with Crippen molar-refractivity contribution >= 4 is 22.9 Å². The maximum atomic E-state index is 12.4. The fourth-order valence-electron chi connectivity index (χ4n) is 2.52. The monoisotopic (exact) mass is 252 g/mol. The van der Waals surface area contributed by atoms with Gasteiger partial charge in [-0.25, -0.2) is 0 Å². The smallest absolute Gasteiger partial charge is 0.266 e. The van der Waals surface area contributed by atoms with Crippen molar-refractivity contribution in [1.29, 1.82) is 0 Å². The van der Waals surface area contributed by atoms with Gasteiger partial charge in [0.15, 0.2) is 0 Å². The second-order valence-corrected chi connectivity index (χ2v) is 5.56. The molecule has 2 N–H and O–H groups in total. The largest absolute Gasteiger partial charge is 0.397 e. The molecule has 1 aliphatic rings. The fourth-order valence-corrected chi connectivity index (χ4v) is 3.30. The summed E-state index contributed by atoms with van der Waals surface area (Å²) in [5, 5.41) is 1.89. The van der Waals surface area contributed by atoms with Gasteiger partial charge in [0.05, 0.1) is 5.69 Å². The van der Waals surface area contributed by atoms with Crippen molar-refractivity contribution in [3.05, 3.63) is 16.3 Å². The maximum Gasteiger partial charge on any atom is 0.266 e. The minimum absolute atomic E-state index is 0.135.